The Balaban J connectivity index is 1.90. The van der Waals surface area contributed by atoms with Crippen molar-refractivity contribution in [3.63, 3.8) is 0 Å². The summed E-state index contributed by atoms with van der Waals surface area (Å²) in [6.45, 7) is 6.55. The molecule has 0 bridgehead atoms. The molecule has 0 fully saturated rings. The van der Waals surface area contributed by atoms with E-state index in [9.17, 15) is 4.79 Å². The van der Waals surface area contributed by atoms with Crippen LogP contribution in [0.4, 0.5) is 0 Å². The lowest BCUT2D eigenvalue weighted by atomic mass is 9.70. The van der Waals surface area contributed by atoms with Crippen LogP contribution in [0.2, 0.25) is 19.6 Å². The first-order chi connectivity index (χ1) is 10.4. The second kappa shape index (κ2) is 5.49. The zero-order chi connectivity index (χ0) is 15.8. The zero-order valence-electron chi connectivity index (χ0n) is 13.4. The van der Waals surface area contributed by atoms with Gasteiger partial charge in [0.05, 0.1) is 5.60 Å². The predicted octanol–water partition coefficient (Wildman–Crippen LogP) is 4.56. The molecule has 0 amide bonds. The molecule has 1 aliphatic rings. The Morgan fingerprint density at radius 1 is 1.05 bits per heavy atom. The molecule has 0 saturated carbocycles. The monoisotopic (exact) mass is 310 g/mol. The highest BCUT2D eigenvalue weighted by molar-refractivity contribution is 6.69. The summed E-state index contributed by atoms with van der Waals surface area (Å²) >= 11 is 0. The minimum atomic E-state index is -1.75. The predicted molar refractivity (Wildman–Crippen MR) is 91.6 cm³/mol. The van der Waals surface area contributed by atoms with Gasteiger partial charge >= 0.3 is 0 Å². The summed E-state index contributed by atoms with van der Waals surface area (Å²) in [7, 11) is -1.75. The second-order valence-electron chi connectivity index (χ2n) is 7.01. The molecule has 0 saturated heterocycles. The first-order valence-electron chi connectivity index (χ1n) is 7.76. The van der Waals surface area contributed by atoms with E-state index in [1.165, 1.54) is 11.1 Å². The Labute approximate surface area is 133 Å². The number of fused-ring (bicyclic) bond motifs is 1. The van der Waals surface area contributed by atoms with Gasteiger partial charge in [0.25, 0.3) is 0 Å². The Hall–Kier alpha value is -1.71. The summed E-state index contributed by atoms with van der Waals surface area (Å²) in [6, 6.07) is 17.9. The van der Waals surface area contributed by atoms with Crippen LogP contribution >= 0.6 is 0 Å². The minimum absolute atomic E-state index is 0.161. The van der Waals surface area contributed by atoms with Crippen molar-refractivity contribution in [2.24, 2.45) is 0 Å². The van der Waals surface area contributed by atoms with Crippen LogP contribution in [0.15, 0.2) is 54.6 Å². The van der Waals surface area contributed by atoms with E-state index >= 15 is 0 Å². The van der Waals surface area contributed by atoms with Crippen LogP contribution < -0.4 is 0 Å². The average molecular weight is 310 g/mol. The number of rotatable bonds is 5. The van der Waals surface area contributed by atoms with Crippen LogP contribution in [-0.2, 0) is 16.4 Å². The molecule has 2 aromatic carbocycles. The van der Waals surface area contributed by atoms with Gasteiger partial charge in [-0.2, -0.15) is 0 Å². The highest BCUT2D eigenvalue weighted by Gasteiger charge is 2.47. The van der Waals surface area contributed by atoms with Crippen molar-refractivity contribution in [3.05, 3.63) is 71.3 Å². The third-order valence-electron chi connectivity index (χ3n) is 4.03. The van der Waals surface area contributed by atoms with E-state index in [-0.39, 0.29) is 5.78 Å². The van der Waals surface area contributed by atoms with Gasteiger partial charge in [0, 0.05) is 18.4 Å². The molecule has 3 heteroatoms. The largest absolute Gasteiger partial charge is 0.407 e. The van der Waals surface area contributed by atoms with Crippen molar-refractivity contribution in [1.82, 2.24) is 0 Å². The van der Waals surface area contributed by atoms with Crippen molar-refractivity contribution in [2.75, 3.05) is 0 Å². The van der Waals surface area contributed by atoms with Crippen LogP contribution in [0.1, 0.15) is 27.9 Å². The number of ketones is 1. The molecule has 1 aliphatic carbocycles. The fourth-order valence-corrected chi connectivity index (χ4v) is 4.70. The van der Waals surface area contributed by atoms with Gasteiger partial charge in [0.2, 0.25) is 0 Å². The van der Waals surface area contributed by atoms with Gasteiger partial charge in [0.15, 0.2) is 14.1 Å². The Morgan fingerprint density at radius 3 is 2.32 bits per heavy atom. The van der Waals surface area contributed by atoms with Gasteiger partial charge in [0.1, 0.15) is 0 Å². The molecular weight excluding hydrogens is 288 g/mol. The van der Waals surface area contributed by atoms with Crippen molar-refractivity contribution in [1.29, 1.82) is 0 Å². The van der Waals surface area contributed by atoms with E-state index in [2.05, 4.69) is 37.8 Å². The Bertz CT molecular complexity index is 688. The Morgan fingerprint density at radius 2 is 1.68 bits per heavy atom. The molecule has 2 nitrogen and oxygen atoms in total. The SMILES string of the molecule is C[Si](C)(C)OC1(CC(=O)c2ccccc2)Cc2ccccc21. The summed E-state index contributed by atoms with van der Waals surface area (Å²) in [5.41, 5.74) is 2.85. The van der Waals surface area contributed by atoms with Crippen molar-refractivity contribution < 1.29 is 9.22 Å². The molecule has 1 unspecified atom stereocenters. The van der Waals surface area contributed by atoms with Crippen LogP contribution in [-0.4, -0.2) is 14.1 Å². The molecule has 0 N–H and O–H groups in total. The molecule has 22 heavy (non-hydrogen) atoms. The lowest BCUT2D eigenvalue weighted by Crippen LogP contribution is -2.49. The van der Waals surface area contributed by atoms with E-state index in [0.717, 1.165) is 12.0 Å². The van der Waals surface area contributed by atoms with Gasteiger partial charge in [-0.1, -0.05) is 54.6 Å². The fourth-order valence-electron chi connectivity index (χ4n) is 3.27. The summed E-state index contributed by atoms with van der Waals surface area (Å²) in [5.74, 6) is 0.161. The summed E-state index contributed by atoms with van der Waals surface area (Å²) in [4.78, 5) is 12.7. The number of hydrogen-bond acceptors (Lipinski definition) is 2. The topological polar surface area (TPSA) is 26.3 Å². The molecule has 1 atom stereocenters. The van der Waals surface area contributed by atoms with Crippen LogP contribution in [0, 0.1) is 0 Å². The molecule has 114 valence electrons. The van der Waals surface area contributed by atoms with Gasteiger partial charge in [-0.05, 0) is 30.8 Å². The molecule has 0 radical (unpaired) electrons. The third-order valence-corrected chi connectivity index (χ3v) is 5.03. The number of benzene rings is 2. The van der Waals surface area contributed by atoms with Crippen molar-refractivity contribution in [2.45, 2.75) is 38.1 Å². The molecule has 0 aliphatic heterocycles. The standard InChI is InChI=1S/C19H22O2Si/c1-22(2,3)21-19(13-16-11-7-8-12-17(16)19)14-18(20)15-9-5-4-6-10-15/h4-12H,13-14H2,1-3H3. The smallest absolute Gasteiger partial charge is 0.185 e. The summed E-state index contributed by atoms with van der Waals surface area (Å²) in [6.07, 6.45) is 1.27. The highest BCUT2D eigenvalue weighted by Crippen LogP contribution is 2.47. The first kappa shape index (κ1) is 15.2. The Kier molecular flexibility index (Phi) is 3.79. The summed E-state index contributed by atoms with van der Waals surface area (Å²) < 4.78 is 6.50. The maximum Gasteiger partial charge on any atom is 0.185 e. The van der Waals surface area contributed by atoms with E-state index < -0.39 is 13.9 Å². The third kappa shape index (κ3) is 2.92. The van der Waals surface area contributed by atoms with Gasteiger partial charge in [-0.3, -0.25) is 4.79 Å². The van der Waals surface area contributed by atoms with Crippen LogP contribution in [0.5, 0.6) is 0 Å². The molecule has 3 rings (SSSR count). The van der Waals surface area contributed by atoms with E-state index in [0.29, 0.717) is 6.42 Å². The normalized spacial score (nSPS) is 20.1. The maximum absolute atomic E-state index is 12.7. The van der Waals surface area contributed by atoms with Gasteiger partial charge in [-0.25, -0.2) is 0 Å². The van der Waals surface area contributed by atoms with Gasteiger partial charge in [-0.15, -0.1) is 0 Å². The van der Waals surface area contributed by atoms with Crippen LogP contribution in [0.25, 0.3) is 0 Å². The highest BCUT2D eigenvalue weighted by atomic mass is 28.4. The second-order valence-corrected chi connectivity index (χ2v) is 11.4. The van der Waals surface area contributed by atoms with Crippen LogP contribution in [0.3, 0.4) is 0 Å². The quantitative estimate of drug-likeness (QED) is 0.597. The first-order valence-corrected chi connectivity index (χ1v) is 11.2. The molecule has 2 aromatic rings. The van der Waals surface area contributed by atoms with E-state index in [1.807, 2.05) is 36.4 Å². The minimum Gasteiger partial charge on any atom is -0.407 e. The number of carbonyl (C=O) groups is 1. The average Bonchev–Trinajstić information content (AvgIpc) is 2.45. The number of carbonyl (C=O) groups excluding carboxylic acids is 1. The molecule has 0 heterocycles. The van der Waals surface area contributed by atoms with E-state index in [4.69, 9.17) is 4.43 Å². The zero-order valence-corrected chi connectivity index (χ0v) is 14.4. The summed E-state index contributed by atoms with van der Waals surface area (Å²) in [5, 5.41) is 0. The fraction of sp³-hybridized carbons (Fsp3) is 0.316. The lowest BCUT2D eigenvalue weighted by Gasteiger charge is -2.47. The van der Waals surface area contributed by atoms with Crippen molar-refractivity contribution in [3.8, 4) is 0 Å². The molecule has 0 spiro atoms. The molecule has 0 aromatic heterocycles. The number of Topliss-reactive ketones (excluding diaryl/α,β-unsaturated/α-hetero) is 1. The van der Waals surface area contributed by atoms with E-state index in [1.54, 1.807) is 0 Å². The van der Waals surface area contributed by atoms with Crippen molar-refractivity contribution >= 4 is 14.1 Å². The lowest BCUT2D eigenvalue weighted by molar-refractivity contribution is 0.0246. The number of hydrogen-bond donors (Lipinski definition) is 0. The molecular formula is C19H22O2Si. The maximum atomic E-state index is 12.7. The van der Waals surface area contributed by atoms with Gasteiger partial charge < -0.3 is 4.43 Å².